The number of carbonyl (C=O) groups is 1. The molecule has 0 saturated carbocycles. The van der Waals surface area contributed by atoms with Crippen molar-refractivity contribution in [3.63, 3.8) is 0 Å². The van der Waals surface area contributed by atoms with Gasteiger partial charge in [0.25, 0.3) is 5.91 Å². The van der Waals surface area contributed by atoms with E-state index in [1.807, 2.05) is 4.90 Å². The Bertz CT molecular complexity index is 432. The van der Waals surface area contributed by atoms with Crippen LogP contribution in [0.15, 0.2) is 18.2 Å². The van der Waals surface area contributed by atoms with Gasteiger partial charge in [-0.05, 0) is 37.0 Å². The predicted molar refractivity (Wildman–Crippen MR) is 67.0 cm³/mol. The lowest BCUT2D eigenvalue weighted by atomic mass is 9.57. The molecular formula is C11H13B2N3O. The third-order valence-electron chi connectivity index (χ3n) is 3.00. The van der Waals surface area contributed by atoms with Gasteiger partial charge in [0.2, 0.25) is 0 Å². The summed E-state index contributed by atoms with van der Waals surface area (Å²) >= 11 is 0. The van der Waals surface area contributed by atoms with Crippen LogP contribution in [-0.4, -0.2) is 51.6 Å². The van der Waals surface area contributed by atoms with E-state index in [0.29, 0.717) is 11.4 Å². The Morgan fingerprint density at radius 2 is 2.18 bits per heavy atom. The first-order valence-electron chi connectivity index (χ1n) is 5.58. The van der Waals surface area contributed by atoms with Crippen molar-refractivity contribution in [1.29, 1.82) is 0 Å². The van der Waals surface area contributed by atoms with Crippen LogP contribution in [0.3, 0.4) is 0 Å². The number of hydrogen-bond donors (Lipinski definition) is 1. The molecule has 0 bridgehead atoms. The maximum atomic E-state index is 11.5. The van der Waals surface area contributed by atoms with Crippen LogP contribution < -0.4 is 5.32 Å². The maximum absolute atomic E-state index is 11.5. The van der Waals surface area contributed by atoms with E-state index in [2.05, 4.69) is 10.3 Å². The molecule has 1 fully saturated rings. The number of aromatic nitrogens is 1. The fourth-order valence-electron chi connectivity index (χ4n) is 1.76. The van der Waals surface area contributed by atoms with Crippen molar-refractivity contribution >= 4 is 21.6 Å². The quantitative estimate of drug-likeness (QED) is 0.711. The molecule has 2 heterocycles. The zero-order chi connectivity index (χ0) is 12.5. The summed E-state index contributed by atoms with van der Waals surface area (Å²) < 4.78 is 0. The highest BCUT2D eigenvalue weighted by Gasteiger charge is 2.32. The van der Waals surface area contributed by atoms with E-state index in [4.69, 9.17) is 15.7 Å². The number of nitrogens with one attached hydrogen (secondary N) is 1. The molecule has 0 atom stereocenters. The van der Waals surface area contributed by atoms with Gasteiger partial charge in [0.1, 0.15) is 5.69 Å². The molecule has 17 heavy (non-hydrogen) atoms. The number of rotatable bonds is 3. The Morgan fingerprint density at radius 1 is 1.47 bits per heavy atom. The van der Waals surface area contributed by atoms with E-state index in [1.165, 1.54) is 0 Å². The fourth-order valence-corrected chi connectivity index (χ4v) is 1.76. The van der Waals surface area contributed by atoms with Crippen LogP contribution in [0.1, 0.15) is 22.6 Å². The van der Waals surface area contributed by atoms with Crippen molar-refractivity contribution in [3.05, 3.63) is 29.6 Å². The monoisotopic (exact) mass is 225 g/mol. The van der Waals surface area contributed by atoms with Crippen LogP contribution in [0.2, 0.25) is 0 Å². The van der Waals surface area contributed by atoms with Gasteiger partial charge in [-0.25, -0.2) is 4.98 Å². The van der Waals surface area contributed by atoms with Crippen LogP contribution in [0, 0.1) is 0 Å². The fraction of sp³-hybridized carbons (Fsp3) is 0.455. The summed E-state index contributed by atoms with van der Waals surface area (Å²) in [6, 6.07) is 5.11. The van der Waals surface area contributed by atoms with Crippen molar-refractivity contribution in [1.82, 2.24) is 15.2 Å². The molecule has 0 unspecified atom stereocenters. The van der Waals surface area contributed by atoms with E-state index in [1.54, 1.807) is 25.2 Å². The van der Waals surface area contributed by atoms with Crippen molar-refractivity contribution in [2.75, 3.05) is 20.1 Å². The van der Waals surface area contributed by atoms with Crippen LogP contribution >= 0.6 is 0 Å². The van der Waals surface area contributed by atoms with Crippen LogP contribution in [-0.2, 0) is 5.34 Å². The van der Waals surface area contributed by atoms with Crippen molar-refractivity contribution in [3.8, 4) is 0 Å². The number of nitrogens with zero attached hydrogens (tertiary/aromatic N) is 2. The highest BCUT2D eigenvalue weighted by atomic mass is 16.1. The van der Waals surface area contributed by atoms with Crippen molar-refractivity contribution in [2.45, 2.75) is 11.8 Å². The molecule has 2 rings (SSSR count). The van der Waals surface area contributed by atoms with Gasteiger partial charge in [-0.3, -0.25) is 4.79 Å². The molecule has 1 aliphatic heterocycles. The summed E-state index contributed by atoms with van der Waals surface area (Å²) in [5.74, 6) is -0.244. The second-order valence-corrected chi connectivity index (χ2v) is 4.15. The molecule has 1 saturated heterocycles. The number of carbonyl (C=O) groups excluding carboxylic acids is 1. The molecule has 6 heteroatoms. The molecule has 0 aliphatic carbocycles. The molecule has 1 aliphatic rings. The minimum Gasteiger partial charge on any atom is -0.354 e. The first kappa shape index (κ1) is 12.2. The zero-order valence-corrected chi connectivity index (χ0v) is 9.81. The lowest BCUT2D eigenvalue weighted by Gasteiger charge is -2.45. The van der Waals surface area contributed by atoms with Crippen LogP contribution in [0.25, 0.3) is 0 Å². The van der Waals surface area contributed by atoms with Gasteiger partial charge >= 0.3 is 0 Å². The topological polar surface area (TPSA) is 45.2 Å². The Labute approximate surface area is 104 Å². The molecule has 1 N–H and O–H groups in total. The molecular weight excluding hydrogens is 212 g/mol. The summed E-state index contributed by atoms with van der Waals surface area (Å²) in [4.78, 5) is 17.6. The van der Waals surface area contributed by atoms with E-state index < -0.39 is 5.34 Å². The van der Waals surface area contributed by atoms with E-state index >= 15 is 0 Å². The maximum Gasteiger partial charge on any atom is 0.269 e. The lowest BCUT2D eigenvalue weighted by Crippen LogP contribution is -2.54. The standard InChI is InChI=1S/C11H13B2N3O/c1-14-10(17)8-4-2-5-9(15-8)11(12,13)16-6-3-7-16/h2,4-5H,3,6-7H2,1H3,(H,14,17). The molecule has 84 valence electrons. The highest BCUT2D eigenvalue weighted by Crippen LogP contribution is 2.25. The highest BCUT2D eigenvalue weighted by molar-refractivity contribution is 6.39. The average molecular weight is 225 g/mol. The summed E-state index contributed by atoms with van der Waals surface area (Å²) in [6.45, 7) is 1.72. The smallest absolute Gasteiger partial charge is 0.269 e. The second kappa shape index (κ2) is 4.53. The second-order valence-electron chi connectivity index (χ2n) is 4.15. The van der Waals surface area contributed by atoms with E-state index in [0.717, 1.165) is 19.5 Å². The van der Waals surface area contributed by atoms with Crippen LogP contribution in [0.5, 0.6) is 0 Å². The van der Waals surface area contributed by atoms with Crippen LogP contribution in [0.4, 0.5) is 0 Å². The molecule has 4 radical (unpaired) electrons. The van der Waals surface area contributed by atoms with Gasteiger partial charge in [-0.2, -0.15) is 0 Å². The van der Waals surface area contributed by atoms with E-state index in [-0.39, 0.29) is 5.91 Å². The summed E-state index contributed by atoms with van der Waals surface area (Å²) in [5, 5.41) is 1.43. The third-order valence-corrected chi connectivity index (χ3v) is 3.00. The number of likely N-dealkylation sites (tertiary alicyclic amines) is 1. The lowest BCUT2D eigenvalue weighted by molar-refractivity contribution is 0.0956. The predicted octanol–water partition coefficient (Wildman–Crippen LogP) is -0.406. The Hall–Kier alpha value is -1.29. The van der Waals surface area contributed by atoms with Gasteiger partial charge < -0.3 is 10.2 Å². The van der Waals surface area contributed by atoms with Gasteiger partial charge in [0.15, 0.2) is 0 Å². The first-order chi connectivity index (χ1) is 8.05. The van der Waals surface area contributed by atoms with Crippen molar-refractivity contribution < 1.29 is 4.79 Å². The van der Waals surface area contributed by atoms with Gasteiger partial charge in [-0.1, -0.05) is 6.07 Å². The SMILES string of the molecule is [B]C([B])(c1cccc(C(=O)NC)n1)N1CCC1. The summed E-state index contributed by atoms with van der Waals surface area (Å²) in [5.41, 5.74) is 0.837. The zero-order valence-electron chi connectivity index (χ0n) is 9.81. The van der Waals surface area contributed by atoms with Gasteiger partial charge in [0, 0.05) is 12.7 Å². The van der Waals surface area contributed by atoms with E-state index in [9.17, 15) is 4.79 Å². The average Bonchev–Trinajstić information content (AvgIpc) is 2.25. The number of hydrogen-bond acceptors (Lipinski definition) is 3. The number of amides is 1. The minimum atomic E-state index is -1.09. The Kier molecular flexibility index (Phi) is 3.24. The third kappa shape index (κ3) is 2.22. The molecule has 4 nitrogen and oxygen atoms in total. The molecule has 0 aromatic carbocycles. The van der Waals surface area contributed by atoms with Gasteiger partial charge in [0.05, 0.1) is 15.7 Å². The molecule has 1 aromatic heterocycles. The first-order valence-corrected chi connectivity index (χ1v) is 5.58. The van der Waals surface area contributed by atoms with Gasteiger partial charge in [-0.15, -0.1) is 0 Å². The summed E-state index contributed by atoms with van der Waals surface area (Å²) in [7, 11) is 13.7. The molecule has 1 aromatic rings. The minimum absolute atomic E-state index is 0.244. The largest absolute Gasteiger partial charge is 0.354 e. The normalized spacial score (nSPS) is 16.3. The molecule has 1 amide bonds. The Morgan fingerprint density at radius 3 is 2.71 bits per heavy atom. The number of pyridine rings is 1. The molecule has 0 spiro atoms. The van der Waals surface area contributed by atoms with Crippen molar-refractivity contribution in [2.24, 2.45) is 0 Å². The Balaban J connectivity index is 2.29. The summed E-state index contributed by atoms with van der Waals surface area (Å²) in [6.07, 6.45) is 1.09.